The van der Waals surface area contributed by atoms with E-state index < -0.39 is 0 Å². The van der Waals surface area contributed by atoms with E-state index in [-0.39, 0.29) is 21.1 Å². The number of rotatable bonds is 4. The van der Waals surface area contributed by atoms with E-state index in [9.17, 15) is 0 Å². The van der Waals surface area contributed by atoms with E-state index in [1.165, 1.54) is 0 Å². The second-order valence-corrected chi connectivity index (χ2v) is 1.05. The van der Waals surface area contributed by atoms with Crippen molar-refractivity contribution < 1.29 is 21.1 Å². The zero-order valence-electron chi connectivity index (χ0n) is 4.59. The van der Waals surface area contributed by atoms with Crippen LogP contribution in [0, 0.1) is 27.2 Å². The molecule has 0 atom stereocenters. The van der Waals surface area contributed by atoms with Crippen LogP contribution >= 0.6 is 0 Å². The van der Waals surface area contributed by atoms with Crippen LogP contribution in [-0.4, -0.2) is 0 Å². The van der Waals surface area contributed by atoms with Crippen molar-refractivity contribution in [1.29, 1.82) is 0 Å². The molecule has 0 saturated carbocycles. The van der Waals surface area contributed by atoms with Crippen molar-refractivity contribution in [3.8, 4) is 0 Å². The SMILES string of the molecule is [CH2-]N[CH-]C[CH-]N[CH2-].[Pt+4]. The monoisotopic (exact) mass is 293 g/mol. The molecule has 50 valence electrons. The van der Waals surface area contributed by atoms with Gasteiger partial charge in [0.05, 0.1) is 0 Å². The molecule has 0 unspecified atom stereocenters. The molecule has 0 fully saturated rings. The van der Waals surface area contributed by atoms with Gasteiger partial charge in [0.1, 0.15) is 0 Å². The fourth-order valence-corrected chi connectivity index (χ4v) is 0.226. The third-order valence-corrected chi connectivity index (χ3v) is 0.524. The molecule has 0 aromatic heterocycles. The van der Waals surface area contributed by atoms with E-state index in [0.29, 0.717) is 0 Å². The summed E-state index contributed by atoms with van der Waals surface area (Å²) < 4.78 is 0. The Balaban J connectivity index is 0. The topological polar surface area (TPSA) is 24.1 Å². The molecular weight excluding hydrogens is 283 g/mol. The molecule has 0 aliphatic heterocycles. The molecule has 0 saturated heterocycles. The Kier molecular flexibility index (Phi) is 15.1. The molecule has 0 heterocycles. The maximum atomic E-state index is 3.38. The van der Waals surface area contributed by atoms with E-state index in [2.05, 4.69) is 24.7 Å². The molecule has 0 aliphatic rings. The van der Waals surface area contributed by atoms with Gasteiger partial charge in [-0.15, -0.1) is 0 Å². The van der Waals surface area contributed by atoms with Crippen LogP contribution in [0.1, 0.15) is 6.42 Å². The molecule has 8 heavy (non-hydrogen) atoms. The van der Waals surface area contributed by atoms with Gasteiger partial charge in [-0.25, -0.2) is 0 Å². The van der Waals surface area contributed by atoms with E-state index in [1.54, 1.807) is 0 Å². The first-order chi connectivity index (χ1) is 3.41. The molecule has 0 rings (SSSR count). The Labute approximate surface area is 65.7 Å². The fraction of sp³-hybridized carbons (Fsp3) is 0.200. The van der Waals surface area contributed by atoms with Crippen LogP contribution in [-0.2, 0) is 21.1 Å². The zero-order chi connectivity index (χ0) is 5.54. The summed E-state index contributed by atoms with van der Waals surface area (Å²) in [5, 5.41) is 5.26. The first-order valence-corrected chi connectivity index (χ1v) is 2.10. The minimum Gasteiger partial charge on any atom is -0.623 e. The van der Waals surface area contributed by atoms with Crippen LogP contribution in [0.3, 0.4) is 0 Å². The van der Waals surface area contributed by atoms with E-state index in [0.717, 1.165) is 6.42 Å². The summed E-state index contributed by atoms with van der Waals surface area (Å²) in [5.74, 6) is 0. The van der Waals surface area contributed by atoms with Crippen molar-refractivity contribution in [3.63, 3.8) is 0 Å². The van der Waals surface area contributed by atoms with E-state index in [4.69, 9.17) is 0 Å². The van der Waals surface area contributed by atoms with E-state index in [1.807, 2.05) is 13.1 Å². The van der Waals surface area contributed by atoms with Gasteiger partial charge >= 0.3 is 21.1 Å². The number of hydrogen-bond donors (Lipinski definition) is 2. The molecule has 2 N–H and O–H groups in total. The quantitative estimate of drug-likeness (QED) is 0.581. The van der Waals surface area contributed by atoms with Gasteiger partial charge in [-0.05, 0) is 0 Å². The smallest absolute Gasteiger partial charge is 0.623 e. The summed E-state index contributed by atoms with van der Waals surface area (Å²) in [6.07, 6.45) is 0.840. The zero-order valence-corrected chi connectivity index (χ0v) is 6.86. The molecule has 0 aromatic carbocycles. The molecule has 0 aliphatic carbocycles. The minimum atomic E-state index is 0. The summed E-state index contributed by atoms with van der Waals surface area (Å²) in [6, 6.07) is 0. The van der Waals surface area contributed by atoms with Crippen molar-refractivity contribution in [2.45, 2.75) is 6.42 Å². The fourth-order valence-electron chi connectivity index (χ4n) is 0.226. The molecule has 2 nitrogen and oxygen atoms in total. The number of nitrogens with one attached hydrogen (secondary N) is 2. The van der Waals surface area contributed by atoms with Crippen molar-refractivity contribution in [2.24, 2.45) is 0 Å². The average molecular weight is 293 g/mol. The average Bonchev–Trinajstić information content (AvgIpc) is 1.69. The third-order valence-electron chi connectivity index (χ3n) is 0.524. The Hall–Kier alpha value is 0.608. The van der Waals surface area contributed by atoms with Gasteiger partial charge in [-0.1, -0.05) is 0 Å². The van der Waals surface area contributed by atoms with Gasteiger partial charge < -0.3 is 37.8 Å². The molecule has 0 aromatic rings. The van der Waals surface area contributed by atoms with Gasteiger partial charge in [-0.3, -0.25) is 6.42 Å². The molecule has 0 radical (unpaired) electrons. The Morgan fingerprint density at radius 3 is 1.75 bits per heavy atom. The van der Waals surface area contributed by atoms with Gasteiger partial charge in [0.2, 0.25) is 0 Å². The van der Waals surface area contributed by atoms with Gasteiger partial charge in [-0.2, -0.15) is 0 Å². The summed E-state index contributed by atoms with van der Waals surface area (Å²) >= 11 is 0. The molecule has 0 amide bonds. The van der Waals surface area contributed by atoms with Crippen LogP contribution in [0.2, 0.25) is 0 Å². The van der Waals surface area contributed by atoms with Crippen molar-refractivity contribution in [2.75, 3.05) is 0 Å². The Morgan fingerprint density at radius 1 is 1.12 bits per heavy atom. The Morgan fingerprint density at radius 2 is 1.50 bits per heavy atom. The van der Waals surface area contributed by atoms with Gasteiger partial charge in [0.15, 0.2) is 0 Å². The van der Waals surface area contributed by atoms with Crippen LogP contribution < -0.4 is 10.6 Å². The van der Waals surface area contributed by atoms with Crippen LogP contribution in [0.15, 0.2) is 0 Å². The molecular formula is C5H10N2Pt. The first kappa shape index (κ1) is 11.4. The maximum absolute atomic E-state index is 3.38. The molecule has 0 spiro atoms. The number of hydrogen-bond acceptors (Lipinski definition) is 2. The largest absolute Gasteiger partial charge is 4.00 e. The van der Waals surface area contributed by atoms with Crippen LogP contribution in [0.25, 0.3) is 0 Å². The third kappa shape index (κ3) is 9.79. The van der Waals surface area contributed by atoms with Gasteiger partial charge in [0.25, 0.3) is 0 Å². The summed E-state index contributed by atoms with van der Waals surface area (Å²) in [4.78, 5) is 0. The second kappa shape index (κ2) is 10.6. The Bertz CT molecular complexity index is 29.6. The predicted octanol–water partition coefficient (Wildman–Crippen LogP) is 0.460. The summed E-state index contributed by atoms with van der Waals surface area (Å²) in [6.45, 7) is 3.64. The molecule has 3 heteroatoms. The minimum absolute atomic E-state index is 0. The van der Waals surface area contributed by atoms with Gasteiger partial charge in [0, 0.05) is 0 Å². The van der Waals surface area contributed by atoms with Crippen molar-refractivity contribution >= 4 is 0 Å². The first-order valence-electron chi connectivity index (χ1n) is 2.10. The van der Waals surface area contributed by atoms with Crippen LogP contribution in [0.5, 0.6) is 0 Å². The standard InChI is InChI=1S/C5H10N2.Pt/c1-6-4-3-5-7-2;/h4-7H,1-3H2;/q-4;+4. The normalized spacial score (nSPS) is 8.25. The summed E-state index contributed by atoms with van der Waals surface area (Å²) in [7, 11) is 6.77. The van der Waals surface area contributed by atoms with Crippen molar-refractivity contribution in [1.82, 2.24) is 10.6 Å². The maximum Gasteiger partial charge on any atom is 4.00 e. The van der Waals surface area contributed by atoms with Crippen molar-refractivity contribution in [3.05, 3.63) is 27.2 Å². The van der Waals surface area contributed by atoms with Crippen LogP contribution in [0.4, 0.5) is 0 Å². The summed E-state index contributed by atoms with van der Waals surface area (Å²) in [5.41, 5.74) is 0. The predicted molar refractivity (Wildman–Crippen MR) is 30.2 cm³/mol. The second-order valence-electron chi connectivity index (χ2n) is 1.05. The molecule has 0 bridgehead atoms. The van der Waals surface area contributed by atoms with E-state index >= 15 is 0 Å².